The minimum Gasteiger partial charge on any atom is -0.340 e. The third-order valence-corrected chi connectivity index (χ3v) is 5.85. The quantitative estimate of drug-likeness (QED) is 0.502. The number of rotatable bonds is 4. The first-order valence-corrected chi connectivity index (χ1v) is 10.1. The number of H-pyrrole nitrogens is 1. The van der Waals surface area contributed by atoms with Gasteiger partial charge in [0.25, 0.3) is 0 Å². The van der Waals surface area contributed by atoms with Gasteiger partial charge in [-0.3, -0.25) is 4.79 Å². The number of carbonyl (C=O) groups is 1. The fourth-order valence-electron chi connectivity index (χ4n) is 3.53. The summed E-state index contributed by atoms with van der Waals surface area (Å²) < 4.78 is 1.13. The SMILES string of the molecule is C=CC(=O)N1CC=C(c2cc3c(Nc4ccc5ncsc5c4)ncnc3[nH]2)CC1. The lowest BCUT2D eigenvalue weighted by atomic mass is 10.0. The molecule has 0 radical (unpaired) electrons. The molecule has 1 amide bonds. The number of thiazole rings is 1. The molecule has 0 unspecified atom stereocenters. The van der Waals surface area contributed by atoms with Gasteiger partial charge in [-0.1, -0.05) is 12.7 Å². The highest BCUT2D eigenvalue weighted by atomic mass is 32.1. The summed E-state index contributed by atoms with van der Waals surface area (Å²) in [5, 5.41) is 4.33. The Hall–Kier alpha value is -3.52. The standard InChI is InChI=1S/C21H18N6OS/c1-2-19(28)27-7-5-13(6-8-27)17-10-15-20(22-11-23-21(15)26-17)25-14-3-4-16-18(9-14)29-12-24-16/h2-5,9-12H,1,6-8H2,(H2,22,23,25,26). The van der Waals surface area contributed by atoms with E-state index in [4.69, 9.17) is 0 Å². The van der Waals surface area contributed by atoms with E-state index in [9.17, 15) is 4.79 Å². The van der Waals surface area contributed by atoms with E-state index in [0.29, 0.717) is 13.1 Å². The molecule has 1 aromatic carbocycles. The van der Waals surface area contributed by atoms with Crippen LogP contribution in [0.3, 0.4) is 0 Å². The van der Waals surface area contributed by atoms with Crippen molar-refractivity contribution in [2.24, 2.45) is 0 Å². The fourth-order valence-corrected chi connectivity index (χ4v) is 4.24. The molecular formula is C21H18N6OS. The van der Waals surface area contributed by atoms with E-state index in [1.807, 2.05) is 17.6 Å². The largest absolute Gasteiger partial charge is 0.340 e. The number of nitrogens with zero attached hydrogens (tertiary/aromatic N) is 4. The molecule has 4 aromatic rings. The topological polar surface area (TPSA) is 86.8 Å². The van der Waals surface area contributed by atoms with Crippen molar-refractivity contribution >= 4 is 55.6 Å². The van der Waals surface area contributed by atoms with Gasteiger partial charge in [0.1, 0.15) is 17.8 Å². The van der Waals surface area contributed by atoms with Crippen LogP contribution >= 0.6 is 11.3 Å². The molecule has 0 saturated carbocycles. The number of amides is 1. The van der Waals surface area contributed by atoms with Gasteiger partial charge in [0.2, 0.25) is 5.91 Å². The van der Waals surface area contributed by atoms with Crippen LogP contribution in [-0.2, 0) is 4.79 Å². The highest BCUT2D eigenvalue weighted by Crippen LogP contribution is 2.30. The van der Waals surface area contributed by atoms with Gasteiger partial charge in [0, 0.05) is 24.5 Å². The van der Waals surface area contributed by atoms with Gasteiger partial charge in [-0.05, 0) is 42.3 Å². The summed E-state index contributed by atoms with van der Waals surface area (Å²) in [4.78, 5) is 30.1. The smallest absolute Gasteiger partial charge is 0.246 e. The van der Waals surface area contributed by atoms with Crippen LogP contribution in [0, 0.1) is 0 Å². The molecule has 0 bridgehead atoms. The number of benzene rings is 1. The Morgan fingerprint density at radius 2 is 2.21 bits per heavy atom. The molecule has 144 valence electrons. The Morgan fingerprint density at radius 1 is 1.28 bits per heavy atom. The van der Waals surface area contributed by atoms with Crippen LogP contribution in [0.4, 0.5) is 11.5 Å². The molecule has 1 aliphatic rings. The first-order chi connectivity index (χ1) is 14.2. The number of fused-ring (bicyclic) bond motifs is 2. The Kier molecular flexibility index (Phi) is 4.33. The lowest BCUT2D eigenvalue weighted by molar-refractivity contribution is -0.125. The second-order valence-electron chi connectivity index (χ2n) is 6.80. The average Bonchev–Trinajstić information content (AvgIpc) is 3.40. The Morgan fingerprint density at radius 3 is 3.03 bits per heavy atom. The fraction of sp³-hybridized carbons (Fsp3) is 0.143. The lowest BCUT2D eigenvalue weighted by Gasteiger charge is -2.25. The van der Waals surface area contributed by atoms with Crippen molar-refractivity contribution in [1.82, 2.24) is 24.8 Å². The molecule has 0 aliphatic carbocycles. The molecule has 0 spiro atoms. The van der Waals surface area contributed by atoms with Crippen molar-refractivity contribution in [3.05, 3.63) is 60.5 Å². The van der Waals surface area contributed by atoms with Gasteiger partial charge in [0.15, 0.2) is 0 Å². The van der Waals surface area contributed by atoms with Crippen LogP contribution < -0.4 is 5.32 Å². The molecule has 5 rings (SSSR count). The maximum atomic E-state index is 11.8. The van der Waals surface area contributed by atoms with Crippen molar-refractivity contribution in [3.63, 3.8) is 0 Å². The molecule has 2 N–H and O–H groups in total. The van der Waals surface area contributed by atoms with Crippen molar-refractivity contribution in [2.45, 2.75) is 6.42 Å². The van der Waals surface area contributed by atoms with Crippen LogP contribution in [0.25, 0.3) is 26.8 Å². The summed E-state index contributed by atoms with van der Waals surface area (Å²) in [7, 11) is 0. The molecule has 29 heavy (non-hydrogen) atoms. The number of aromatic amines is 1. The van der Waals surface area contributed by atoms with E-state index in [0.717, 1.165) is 44.9 Å². The van der Waals surface area contributed by atoms with Gasteiger partial charge >= 0.3 is 0 Å². The monoisotopic (exact) mass is 402 g/mol. The lowest BCUT2D eigenvalue weighted by Crippen LogP contribution is -2.33. The highest BCUT2D eigenvalue weighted by Gasteiger charge is 2.18. The maximum Gasteiger partial charge on any atom is 0.246 e. The zero-order valence-corrected chi connectivity index (χ0v) is 16.4. The van der Waals surface area contributed by atoms with E-state index >= 15 is 0 Å². The zero-order chi connectivity index (χ0) is 19.8. The van der Waals surface area contributed by atoms with Crippen molar-refractivity contribution in [1.29, 1.82) is 0 Å². The minimum atomic E-state index is -0.0350. The van der Waals surface area contributed by atoms with Gasteiger partial charge in [-0.15, -0.1) is 11.3 Å². The summed E-state index contributed by atoms with van der Waals surface area (Å²) in [6, 6.07) is 8.14. The first kappa shape index (κ1) is 17.6. The van der Waals surface area contributed by atoms with Gasteiger partial charge in [0.05, 0.1) is 21.1 Å². The Bertz CT molecular complexity index is 1270. The molecule has 8 heteroatoms. The molecule has 0 atom stereocenters. The number of nitrogens with one attached hydrogen (secondary N) is 2. The van der Waals surface area contributed by atoms with Crippen LogP contribution in [0.1, 0.15) is 12.1 Å². The molecule has 3 aromatic heterocycles. The number of hydrogen-bond donors (Lipinski definition) is 2. The highest BCUT2D eigenvalue weighted by molar-refractivity contribution is 7.16. The van der Waals surface area contributed by atoms with E-state index in [1.165, 1.54) is 11.6 Å². The van der Waals surface area contributed by atoms with E-state index in [-0.39, 0.29) is 5.91 Å². The summed E-state index contributed by atoms with van der Waals surface area (Å²) in [6.07, 6.45) is 5.77. The number of carbonyl (C=O) groups excluding carboxylic acids is 1. The summed E-state index contributed by atoms with van der Waals surface area (Å²) in [5.74, 6) is 0.716. The molecule has 0 saturated heterocycles. The van der Waals surface area contributed by atoms with Crippen molar-refractivity contribution in [2.75, 3.05) is 18.4 Å². The maximum absolute atomic E-state index is 11.8. The van der Waals surface area contributed by atoms with Crippen LogP contribution in [0.15, 0.2) is 54.8 Å². The van der Waals surface area contributed by atoms with E-state index in [2.05, 4.69) is 50.0 Å². The minimum absolute atomic E-state index is 0.0350. The van der Waals surface area contributed by atoms with E-state index < -0.39 is 0 Å². The molecule has 7 nitrogen and oxygen atoms in total. The van der Waals surface area contributed by atoms with E-state index in [1.54, 1.807) is 22.6 Å². The van der Waals surface area contributed by atoms with Gasteiger partial charge < -0.3 is 15.2 Å². The third kappa shape index (κ3) is 3.27. The Balaban J connectivity index is 1.44. The summed E-state index contributed by atoms with van der Waals surface area (Å²) in [5.41, 5.74) is 6.75. The predicted molar refractivity (Wildman–Crippen MR) is 116 cm³/mol. The van der Waals surface area contributed by atoms with Crippen LogP contribution in [0.5, 0.6) is 0 Å². The summed E-state index contributed by atoms with van der Waals surface area (Å²) in [6.45, 7) is 4.82. The van der Waals surface area contributed by atoms with Crippen LogP contribution in [0.2, 0.25) is 0 Å². The summed E-state index contributed by atoms with van der Waals surface area (Å²) >= 11 is 1.61. The van der Waals surface area contributed by atoms with Crippen molar-refractivity contribution < 1.29 is 4.79 Å². The Labute approximate surface area is 170 Å². The molecule has 4 heterocycles. The third-order valence-electron chi connectivity index (χ3n) is 5.06. The second-order valence-corrected chi connectivity index (χ2v) is 7.68. The second kappa shape index (κ2) is 7.14. The number of hydrogen-bond acceptors (Lipinski definition) is 6. The normalized spacial score (nSPS) is 14.2. The van der Waals surface area contributed by atoms with Gasteiger partial charge in [-0.2, -0.15) is 0 Å². The predicted octanol–water partition coefficient (Wildman–Crippen LogP) is 4.11. The van der Waals surface area contributed by atoms with Crippen molar-refractivity contribution in [3.8, 4) is 0 Å². The zero-order valence-electron chi connectivity index (χ0n) is 15.6. The molecule has 1 aliphatic heterocycles. The average molecular weight is 402 g/mol. The van der Waals surface area contributed by atoms with Crippen LogP contribution in [-0.4, -0.2) is 43.8 Å². The molecular weight excluding hydrogens is 384 g/mol. The molecule has 0 fully saturated rings. The van der Waals surface area contributed by atoms with Gasteiger partial charge in [-0.25, -0.2) is 15.0 Å². The number of anilines is 2. The first-order valence-electron chi connectivity index (χ1n) is 9.26. The number of aromatic nitrogens is 4.